The Morgan fingerprint density at radius 1 is 1.11 bits per heavy atom. The zero-order valence-corrected chi connectivity index (χ0v) is 20.4. The summed E-state index contributed by atoms with van der Waals surface area (Å²) in [6.45, 7) is 6.11. The quantitative estimate of drug-likeness (QED) is 0.613. The molecule has 0 unspecified atom stereocenters. The molecule has 0 atom stereocenters. The van der Waals surface area contributed by atoms with Crippen molar-refractivity contribution in [1.29, 1.82) is 0 Å². The molecule has 0 aliphatic carbocycles. The SMILES string of the molecule is CNC(=O)c1cc2cc(F)cnc2c(N2CCCc3cc(C4CCN(C(C)=O)CC4)c(C)cc32)n1. The number of carbonyl (C=O) groups is 2. The van der Waals surface area contributed by atoms with Crippen molar-refractivity contribution >= 4 is 34.2 Å². The van der Waals surface area contributed by atoms with E-state index in [2.05, 4.69) is 39.2 Å². The number of aryl methyl sites for hydroxylation is 2. The lowest BCUT2D eigenvalue weighted by molar-refractivity contribution is -0.129. The molecule has 2 aliphatic heterocycles. The topological polar surface area (TPSA) is 78.4 Å². The number of nitrogens with zero attached hydrogens (tertiary/aromatic N) is 4. The number of rotatable bonds is 3. The number of pyridine rings is 2. The molecule has 1 N–H and O–H groups in total. The van der Waals surface area contributed by atoms with E-state index in [1.807, 2.05) is 4.90 Å². The molecule has 8 heteroatoms. The van der Waals surface area contributed by atoms with Gasteiger partial charge in [0.05, 0.1) is 6.20 Å². The minimum Gasteiger partial charge on any atom is -0.354 e. The maximum Gasteiger partial charge on any atom is 0.269 e. The van der Waals surface area contributed by atoms with E-state index in [1.165, 1.54) is 29.0 Å². The Bertz CT molecular complexity index is 1320. The number of halogens is 1. The molecule has 1 saturated heterocycles. The average molecular weight is 476 g/mol. The van der Waals surface area contributed by atoms with E-state index in [1.54, 1.807) is 20.0 Å². The van der Waals surface area contributed by atoms with E-state index >= 15 is 0 Å². The van der Waals surface area contributed by atoms with Gasteiger partial charge < -0.3 is 15.1 Å². The molecule has 0 saturated carbocycles. The first-order valence-corrected chi connectivity index (χ1v) is 12.2. The third-order valence-electron chi connectivity index (χ3n) is 7.30. The molecule has 182 valence electrons. The number of hydrogen-bond donors (Lipinski definition) is 1. The molecule has 0 spiro atoms. The third-order valence-corrected chi connectivity index (χ3v) is 7.30. The van der Waals surface area contributed by atoms with Crippen LogP contribution in [0.3, 0.4) is 0 Å². The number of piperidine rings is 1. The number of likely N-dealkylation sites (tertiary alicyclic amines) is 1. The third kappa shape index (κ3) is 4.33. The second-order valence-corrected chi connectivity index (χ2v) is 9.51. The summed E-state index contributed by atoms with van der Waals surface area (Å²) in [5, 5.41) is 3.16. The summed E-state index contributed by atoms with van der Waals surface area (Å²) >= 11 is 0. The van der Waals surface area contributed by atoms with Crippen molar-refractivity contribution in [2.45, 2.75) is 45.4 Å². The molecule has 2 amide bonds. The Morgan fingerprint density at radius 3 is 2.60 bits per heavy atom. The van der Waals surface area contributed by atoms with Gasteiger partial charge in [0.15, 0.2) is 5.82 Å². The van der Waals surface area contributed by atoms with Crippen LogP contribution in [-0.2, 0) is 11.2 Å². The van der Waals surface area contributed by atoms with Gasteiger partial charge in [-0.1, -0.05) is 6.07 Å². The van der Waals surface area contributed by atoms with Crippen LogP contribution >= 0.6 is 0 Å². The summed E-state index contributed by atoms with van der Waals surface area (Å²) in [6.07, 6.45) is 5.03. The summed E-state index contributed by atoms with van der Waals surface area (Å²) in [4.78, 5) is 37.2. The van der Waals surface area contributed by atoms with Crippen LogP contribution in [0.2, 0.25) is 0 Å². The molecule has 0 radical (unpaired) electrons. The Labute approximate surface area is 204 Å². The number of benzene rings is 1. The van der Waals surface area contributed by atoms with Gasteiger partial charge in [0.2, 0.25) is 5.91 Å². The number of nitrogens with one attached hydrogen (secondary N) is 1. The molecule has 35 heavy (non-hydrogen) atoms. The highest BCUT2D eigenvalue weighted by Gasteiger charge is 2.28. The van der Waals surface area contributed by atoms with Crippen LogP contribution in [0.4, 0.5) is 15.9 Å². The number of amides is 2. The van der Waals surface area contributed by atoms with Crippen LogP contribution in [0.15, 0.2) is 30.5 Å². The molecule has 3 aromatic rings. The molecular weight excluding hydrogens is 445 g/mol. The fourth-order valence-electron chi connectivity index (χ4n) is 5.45. The smallest absolute Gasteiger partial charge is 0.269 e. The number of fused-ring (bicyclic) bond motifs is 2. The number of aromatic nitrogens is 2. The van der Waals surface area contributed by atoms with Gasteiger partial charge in [-0.2, -0.15) is 0 Å². The molecule has 4 heterocycles. The Balaban J connectivity index is 1.56. The lowest BCUT2D eigenvalue weighted by atomic mass is 9.84. The normalized spacial score (nSPS) is 16.3. The van der Waals surface area contributed by atoms with E-state index < -0.39 is 5.82 Å². The molecule has 1 aromatic carbocycles. The van der Waals surface area contributed by atoms with Crippen molar-refractivity contribution in [2.24, 2.45) is 0 Å². The van der Waals surface area contributed by atoms with Crippen LogP contribution < -0.4 is 10.2 Å². The van der Waals surface area contributed by atoms with E-state index in [4.69, 9.17) is 0 Å². The number of anilines is 2. The highest BCUT2D eigenvalue weighted by Crippen LogP contribution is 2.40. The van der Waals surface area contributed by atoms with Crippen LogP contribution in [-0.4, -0.2) is 53.4 Å². The highest BCUT2D eigenvalue weighted by molar-refractivity contribution is 5.99. The van der Waals surface area contributed by atoms with Gasteiger partial charge in [-0.25, -0.2) is 14.4 Å². The number of hydrogen-bond acceptors (Lipinski definition) is 5. The van der Waals surface area contributed by atoms with Crippen LogP contribution in [0, 0.1) is 12.7 Å². The average Bonchev–Trinajstić information content (AvgIpc) is 2.86. The first-order valence-electron chi connectivity index (χ1n) is 12.2. The largest absolute Gasteiger partial charge is 0.354 e. The van der Waals surface area contributed by atoms with E-state index in [9.17, 15) is 14.0 Å². The predicted octanol–water partition coefficient (Wildman–Crippen LogP) is 4.25. The molecule has 1 fully saturated rings. The zero-order chi connectivity index (χ0) is 24.7. The molecule has 2 aromatic heterocycles. The van der Waals surface area contributed by atoms with E-state index in [0.29, 0.717) is 22.6 Å². The molecule has 2 aliphatic rings. The van der Waals surface area contributed by atoms with Crippen molar-refractivity contribution in [3.8, 4) is 0 Å². The molecule has 0 bridgehead atoms. The van der Waals surface area contributed by atoms with Crippen molar-refractivity contribution in [1.82, 2.24) is 20.2 Å². The van der Waals surface area contributed by atoms with Crippen molar-refractivity contribution in [3.63, 3.8) is 0 Å². The second-order valence-electron chi connectivity index (χ2n) is 9.51. The van der Waals surface area contributed by atoms with Gasteiger partial charge in [-0.15, -0.1) is 0 Å². The van der Waals surface area contributed by atoms with Gasteiger partial charge >= 0.3 is 0 Å². The summed E-state index contributed by atoms with van der Waals surface area (Å²) in [7, 11) is 1.56. The van der Waals surface area contributed by atoms with E-state index in [-0.39, 0.29) is 17.5 Å². The monoisotopic (exact) mass is 475 g/mol. The summed E-state index contributed by atoms with van der Waals surface area (Å²) in [5.41, 5.74) is 5.68. The number of carbonyl (C=O) groups excluding carboxylic acids is 2. The highest BCUT2D eigenvalue weighted by atomic mass is 19.1. The second kappa shape index (κ2) is 9.24. The lowest BCUT2D eigenvalue weighted by Gasteiger charge is -2.35. The lowest BCUT2D eigenvalue weighted by Crippen LogP contribution is -2.36. The summed E-state index contributed by atoms with van der Waals surface area (Å²) < 4.78 is 14.0. The van der Waals surface area contributed by atoms with Crippen LogP contribution in [0.5, 0.6) is 0 Å². The fourth-order valence-corrected chi connectivity index (χ4v) is 5.45. The minimum atomic E-state index is -0.451. The van der Waals surface area contributed by atoms with Crippen LogP contribution in [0.1, 0.15) is 59.3 Å². The summed E-state index contributed by atoms with van der Waals surface area (Å²) in [5.74, 6) is 0.384. The maximum atomic E-state index is 14.0. The van der Waals surface area contributed by atoms with Gasteiger partial charge in [-0.3, -0.25) is 9.59 Å². The molecule has 5 rings (SSSR count). The first kappa shape index (κ1) is 23.2. The Kier molecular flexibility index (Phi) is 6.13. The standard InChI is InChI=1S/C27H30FN5O2/c1-16-11-24-19(13-22(16)18-6-9-32(10-7-18)17(2)34)5-4-8-33(24)26-25-20(12-21(28)15-30-25)14-23(31-26)27(35)29-3/h11-15,18H,4-10H2,1-3H3,(H,29,35). The van der Waals surface area contributed by atoms with Crippen molar-refractivity contribution < 1.29 is 14.0 Å². The van der Waals surface area contributed by atoms with Gasteiger partial charge in [0.1, 0.15) is 17.0 Å². The Hall–Kier alpha value is -3.55. The van der Waals surface area contributed by atoms with Gasteiger partial charge in [0.25, 0.3) is 5.91 Å². The predicted molar refractivity (Wildman–Crippen MR) is 134 cm³/mol. The van der Waals surface area contributed by atoms with Crippen molar-refractivity contribution in [2.75, 3.05) is 31.6 Å². The molecule has 7 nitrogen and oxygen atoms in total. The zero-order valence-electron chi connectivity index (χ0n) is 20.4. The summed E-state index contributed by atoms with van der Waals surface area (Å²) in [6, 6.07) is 7.51. The molecular formula is C27H30FN5O2. The Morgan fingerprint density at radius 2 is 1.89 bits per heavy atom. The first-order chi connectivity index (χ1) is 16.9. The van der Waals surface area contributed by atoms with Crippen LogP contribution in [0.25, 0.3) is 10.9 Å². The van der Waals surface area contributed by atoms with Crippen molar-refractivity contribution in [3.05, 3.63) is 58.7 Å². The van der Waals surface area contributed by atoms with E-state index in [0.717, 1.165) is 51.0 Å². The van der Waals surface area contributed by atoms with Gasteiger partial charge in [0, 0.05) is 44.7 Å². The minimum absolute atomic E-state index is 0.147. The fraction of sp³-hybridized carbons (Fsp3) is 0.407. The maximum absolute atomic E-state index is 14.0. The van der Waals surface area contributed by atoms with Gasteiger partial charge in [-0.05, 0) is 73.4 Å².